The Kier molecular flexibility index (Phi) is 3.69. The second-order valence-electron chi connectivity index (χ2n) is 4.42. The SMILES string of the molecule is Cc1cc(N)c(-c2c(N)cc(C)cc2Br)c(Br)c1. The van der Waals surface area contributed by atoms with E-state index in [0.717, 1.165) is 42.6 Å². The van der Waals surface area contributed by atoms with E-state index >= 15 is 0 Å². The lowest BCUT2D eigenvalue weighted by Gasteiger charge is -2.15. The number of anilines is 2. The van der Waals surface area contributed by atoms with E-state index in [-0.39, 0.29) is 0 Å². The largest absolute Gasteiger partial charge is 0.398 e. The fourth-order valence-electron chi connectivity index (χ4n) is 2.07. The number of benzene rings is 2. The molecule has 0 aliphatic carbocycles. The zero-order valence-corrected chi connectivity index (χ0v) is 13.4. The van der Waals surface area contributed by atoms with Crippen LogP contribution in [0.3, 0.4) is 0 Å². The summed E-state index contributed by atoms with van der Waals surface area (Å²) in [5.74, 6) is 0. The smallest absolute Gasteiger partial charge is 0.0409 e. The first kappa shape index (κ1) is 13.4. The normalized spacial score (nSPS) is 10.7. The molecule has 2 nitrogen and oxygen atoms in total. The lowest BCUT2D eigenvalue weighted by Crippen LogP contribution is -1.98. The van der Waals surface area contributed by atoms with Gasteiger partial charge in [-0.1, -0.05) is 31.9 Å². The van der Waals surface area contributed by atoms with Crippen molar-refractivity contribution in [1.82, 2.24) is 0 Å². The van der Waals surface area contributed by atoms with Gasteiger partial charge in [-0.15, -0.1) is 0 Å². The fourth-order valence-corrected chi connectivity index (χ4v) is 3.64. The third kappa shape index (κ3) is 2.40. The van der Waals surface area contributed by atoms with Crippen molar-refractivity contribution in [2.45, 2.75) is 13.8 Å². The van der Waals surface area contributed by atoms with E-state index in [2.05, 4.69) is 31.9 Å². The topological polar surface area (TPSA) is 52.0 Å². The van der Waals surface area contributed by atoms with E-state index in [0.29, 0.717) is 0 Å². The molecule has 0 bridgehead atoms. The number of rotatable bonds is 1. The van der Waals surface area contributed by atoms with Crippen LogP contribution in [0, 0.1) is 13.8 Å². The number of halogens is 2. The minimum absolute atomic E-state index is 0.720. The van der Waals surface area contributed by atoms with Crippen LogP contribution in [0.15, 0.2) is 33.2 Å². The molecule has 0 aromatic heterocycles. The first-order valence-electron chi connectivity index (χ1n) is 5.51. The number of hydrogen-bond acceptors (Lipinski definition) is 2. The summed E-state index contributed by atoms with van der Waals surface area (Å²) in [5, 5.41) is 0. The maximum Gasteiger partial charge on any atom is 0.0409 e. The van der Waals surface area contributed by atoms with Gasteiger partial charge in [-0.3, -0.25) is 0 Å². The summed E-state index contributed by atoms with van der Waals surface area (Å²) >= 11 is 7.13. The molecule has 0 amide bonds. The van der Waals surface area contributed by atoms with Crippen molar-refractivity contribution >= 4 is 43.2 Å². The Morgan fingerprint density at radius 1 is 0.722 bits per heavy atom. The molecule has 2 aromatic carbocycles. The molecule has 0 spiro atoms. The van der Waals surface area contributed by atoms with Crippen molar-refractivity contribution in [2.24, 2.45) is 0 Å². The van der Waals surface area contributed by atoms with Crippen LogP contribution >= 0.6 is 31.9 Å². The molecule has 0 aliphatic rings. The quantitative estimate of drug-likeness (QED) is 0.718. The average Bonchev–Trinajstić information content (AvgIpc) is 2.20. The van der Waals surface area contributed by atoms with E-state index in [1.54, 1.807) is 0 Å². The van der Waals surface area contributed by atoms with E-state index < -0.39 is 0 Å². The van der Waals surface area contributed by atoms with Gasteiger partial charge in [0, 0.05) is 31.4 Å². The summed E-state index contributed by atoms with van der Waals surface area (Å²) in [6, 6.07) is 7.98. The maximum absolute atomic E-state index is 6.12. The predicted octanol–water partition coefficient (Wildman–Crippen LogP) is 4.66. The Morgan fingerprint density at radius 3 is 1.33 bits per heavy atom. The van der Waals surface area contributed by atoms with Crippen LogP contribution in [-0.4, -0.2) is 0 Å². The molecule has 0 heterocycles. The lowest BCUT2D eigenvalue weighted by molar-refractivity contribution is 1.42. The van der Waals surface area contributed by atoms with Crippen LogP contribution in [0.2, 0.25) is 0 Å². The highest BCUT2D eigenvalue weighted by Crippen LogP contribution is 2.42. The highest BCUT2D eigenvalue weighted by molar-refractivity contribution is 9.11. The van der Waals surface area contributed by atoms with E-state index in [1.165, 1.54) is 0 Å². The third-order valence-electron chi connectivity index (χ3n) is 2.78. The lowest BCUT2D eigenvalue weighted by atomic mass is 9.99. The molecule has 0 unspecified atom stereocenters. The second kappa shape index (κ2) is 4.94. The second-order valence-corrected chi connectivity index (χ2v) is 6.13. The summed E-state index contributed by atoms with van der Waals surface area (Å²) in [5.41, 5.74) is 17.8. The van der Waals surface area contributed by atoms with Gasteiger partial charge in [-0.25, -0.2) is 0 Å². The first-order chi connectivity index (χ1) is 8.40. The van der Waals surface area contributed by atoms with Crippen molar-refractivity contribution in [3.63, 3.8) is 0 Å². The van der Waals surface area contributed by atoms with Gasteiger partial charge in [-0.05, 0) is 49.2 Å². The summed E-state index contributed by atoms with van der Waals surface area (Å²) in [6.45, 7) is 4.02. The Balaban J connectivity index is 2.78. The number of nitrogens with two attached hydrogens (primary N) is 2. The van der Waals surface area contributed by atoms with Crippen LogP contribution in [0.25, 0.3) is 11.1 Å². The van der Waals surface area contributed by atoms with Gasteiger partial charge in [0.1, 0.15) is 0 Å². The monoisotopic (exact) mass is 368 g/mol. The molecular weight excluding hydrogens is 356 g/mol. The van der Waals surface area contributed by atoms with Gasteiger partial charge in [0.2, 0.25) is 0 Å². The Bertz CT molecular complexity index is 520. The molecule has 0 saturated heterocycles. The molecule has 0 aliphatic heterocycles. The van der Waals surface area contributed by atoms with Gasteiger partial charge in [0.25, 0.3) is 0 Å². The summed E-state index contributed by atoms with van der Waals surface area (Å²) in [7, 11) is 0. The van der Waals surface area contributed by atoms with Gasteiger partial charge >= 0.3 is 0 Å². The summed E-state index contributed by atoms with van der Waals surface area (Å²) in [4.78, 5) is 0. The molecule has 94 valence electrons. The van der Waals surface area contributed by atoms with E-state index in [4.69, 9.17) is 11.5 Å². The predicted molar refractivity (Wildman–Crippen MR) is 85.6 cm³/mol. The minimum Gasteiger partial charge on any atom is -0.398 e. The summed E-state index contributed by atoms with van der Waals surface area (Å²) in [6.07, 6.45) is 0. The van der Waals surface area contributed by atoms with E-state index in [9.17, 15) is 0 Å². The molecule has 18 heavy (non-hydrogen) atoms. The maximum atomic E-state index is 6.12. The molecule has 0 saturated carbocycles. The van der Waals surface area contributed by atoms with Gasteiger partial charge in [0.05, 0.1) is 0 Å². The summed E-state index contributed by atoms with van der Waals surface area (Å²) < 4.78 is 1.91. The zero-order valence-electron chi connectivity index (χ0n) is 10.2. The van der Waals surface area contributed by atoms with Crippen LogP contribution in [0.4, 0.5) is 11.4 Å². The van der Waals surface area contributed by atoms with Gasteiger partial charge in [-0.2, -0.15) is 0 Å². The number of hydrogen-bond donors (Lipinski definition) is 2. The van der Waals surface area contributed by atoms with Crippen molar-refractivity contribution in [3.8, 4) is 11.1 Å². The molecule has 0 fully saturated rings. The highest BCUT2D eigenvalue weighted by atomic mass is 79.9. The van der Waals surface area contributed by atoms with Gasteiger partial charge in [0.15, 0.2) is 0 Å². The van der Waals surface area contributed by atoms with Crippen molar-refractivity contribution < 1.29 is 0 Å². The number of aryl methyl sites for hydroxylation is 2. The van der Waals surface area contributed by atoms with Crippen LogP contribution in [0.5, 0.6) is 0 Å². The Hall–Kier alpha value is -1.000. The molecule has 0 atom stereocenters. The zero-order chi connectivity index (χ0) is 13.4. The van der Waals surface area contributed by atoms with Crippen LogP contribution in [0.1, 0.15) is 11.1 Å². The standard InChI is InChI=1S/C14H14Br2N2/c1-7-3-9(15)13(11(17)5-7)14-10(16)4-8(2)6-12(14)18/h3-6H,17-18H2,1-2H3. The first-order valence-corrected chi connectivity index (χ1v) is 7.10. The van der Waals surface area contributed by atoms with Crippen molar-refractivity contribution in [1.29, 1.82) is 0 Å². The van der Waals surface area contributed by atoms with Crippen molar-refractivity contribution in [2.75, 3.05) is 11.5 Å². The third-order valence-corrected chi connectivity index (χ3v) is 4.03. The van der Waals surface area contributed by atoms with E-state index in [1.807, 2.05) is 38.1 Å². The fraction of sp³-hybridized carbons (Fsp3) is 0.143. The Morgan fingerprint density at radius 2 is 1.06 bits per heavy atom. The number of nitrogen functional groups attached to an aromatic ring is 2. The molecule has 0 radical (unpaired) electrons. The average molecular weight is 370 g/mol. The highest BCUT2D eigenvalue weighted by Gasteiger charge is 2.15. The molecule has 4 heteroatoms. The minimum atomic E-state index is 0.720. The molecule has 2 aromatic rings. The molecular formula is C14H14Br2N2. The van der Waals surface area contributed by atoms with Crippen molar-refractivity contribution in [3.05, 3.63) is 44.3 Å². The van der Waals surface area contributed by atoms with Gasteiger partial charge < -0.3 is 11.5 Å². The van der Waals surface area contributed by atoms with Crippen LogP contribution < -0.4 is 11.5 Å². The molecule has 4 N–H and O–H groups in total. The molecule has 2 rings (SSSR count). The van der Waals surface area contributed by atoms with Crippen LogP contribution in [-0.2, 0) is 0 Å². The Labute approximate surface area is 124 Å².